The molecule has 246 valence electrons. The van der Waals surface area contributed by atoms with Crippen LogP contribution < -0.4 is 24.4 Å². The average molecular weight is 676 g/mol. The number of allylic oxidation sites excluding steroid dienone is 1. The summed E-state index contributed by atoms with van der Waals surface area (Å²) < 4.78 is 18.6. The minimum atomic E-state index is -0.835. The van der Waals surface area contributed by atoms with Crippen LogP contribution in [0.15, 0.2) is 119 Å². The van der Waals surface area contributed by atoms with Crippen molar-refractivity contribution >= 4 is 45.8 Å². The molecule has 6 rings (SSSR count). The third-order valence-electron chi connectivity index (χ3n) is 7.80. The number of fused-ring (bicyclic) bond motifs is 2. The molecule has 0 aliphatic carbocycles. The molecule has 0 radical (unpaired) electrons. The summed E-state index contributed by atoms with van der Waals surface area (Å²) in [5.41, 5.74) is 1.34. The van der Waals surface area contributed by atoms with E-state index in [1.165, 1.54) is 28.8 Å². The van der Waals surface area contributed by atoms with Gasteiger partial charge < -0.3 is 14.2 Å². The Balaban J connectivity index is 1.49. The standard InChI is InChI=1S/C37H29N3O8S/c1-4-20-47-27-17-12-24(13-18-27)33-32(36(43)46-5-2)22(3)38-37-39(33)34(41)31(49-37)21-29-28-9-7-6-8-23(28)14-19-30(29)48-35(42)25-10-15-26(16-11-25)40(44)45/h4,6-19,21,33H,1,5,20H2,2-3H3/b31-21-/t33-/m1/s1. The molecule has 49 heavy (non-hydrogen) atoms. The molecule has 1 atom stereocenters. The smallest absolute Gasteiger partial charge is 0.343 e. The Morgan fingerprint density at radius 3 is 2.45 bits per heavy atom. The Hall–Kier alpha value is -6.14. The van der Waals surface area contributed by atoms with Crippen LogP contribution in [0.1, 0.15) is 41.4 Å². The lowest BCUT2D eigenvalue weighted by molar-refractivity contribution is -0.384. The van der Waals surface area contributed by atoms with E-state index in [0.717, 1.165) is 22.1 Å². The number of hydrogen-bond donors (Lipinski definition) is 0. The van der Waals surface area contributed by atoms with Gasteiger partial charge in [0.1, 0.15) is 18.1 Å². The third-order valence-corrected chi connectivity index (χ3v) is 8.79. The van der Waals surface area contributed by atoms with Gasteiger partial charge in [-0.1, -0.05) is 66.5 Å². The van der Waals surface area contributed by atoms with Crippen molar-refractivity contribution in [1.29, 1.82) is 0 Å². The number of rotatable bonds is 10. The van der Waals surface area contributed by atoms with Crippen LogP contribution in [0.25, 0.3) is 16.8 Å². The van der Waals surface area contributed by atoms with E-state index in [2.05, 4.69) is 11.6 Å². The lowest BCUT2D eigenvalue weighted by atomic mass is 9.96. The third kappa shape index (κ3) is 6.54. The van der Waals surface area contributed by atoms with Crippen LogP contribution in [0.2, 0.25) is 0 Å². The van der Waals surface area contributed by atoms with Gasteiger partial charge in [0.15, 0.2) is 4.80 Å². The van der Waals surface area contributed by atoms with E-state index in [-0.39, 0.29) is 33.7 Å². The van der Waals surface area contributed by atoms with Crippen molar-refractivity contribution < 1.29 is 28.7 Å². The first kappa shape index (κ1) is 32.8. The van der Waals surface area contributed by atoms with Gasteiger partial charge in [-0.25, -0.2) is 14.6 Å². The molecule has 0 unspecified atom stereocenters. The van der Waals surface area contributed by atoms with Crippen molar-refractivity contribution in [3.8, 4) is 11.5 Å². The number of thiazole rings is 1. The van der Waals surface area contributed by atoms with Crippen LogP contribution in [0, 0.1) is 10.1 Å². The Kier molecular flexibility index (Phi) is 9.31. The number of hydrogen-bond acceptors (Lipinski definition) is 10. The van der Waals surface area contributed by atoms with Gasteiger partial charge >= 0.3 is 11.9 Å². The molecule has 0 saturated carbocycles. The fourth-order valence-corrected chi connectivity index (χ4v) is 6.56. The van der Waals surface area contributed by atoms with Gasteiger partial charge in [0, 0.05) is 17.7 Å². The van der Waals surface area contributed by atoms with Crippen molar-refractivity contribution in [3.63, 3.8) is 0 Å². The first-order valence-electron chi connectivity index (χ1n) is 15.2. The van der Waals surface area contributed by atoms with Crippen LogP contribution in [0.5, 0.6) is 11.5 Å². The largest absolute Gasteiger partial charge is 0.490 e. The minimum absolute atomic E-state index is 0.118. The summed E-state index contributed by atoms with van der Waals surface area (Å²) in [7, 11) is 0. The highest BCUT2D eigenvalue weighted by Crippen LogP contribution is 2.33. The van der Waals surface area contributed by atoms with Gasteiger partial charge in [0.25, 0.3) is 11.2 Å². The number of benzene rings is 4. The zero-order chi connectivity index (χ0) is 34.7. The van der Waals surface area contributed by atoms with Crippen molar-refractivity contribution in [2.45, 2.75) is 19.9 Å². The summed E-state index contributed by atoms with van der Waals surface area (Å²) in [5.74, 6) is -0.523. The molecule has 1 aliphatic heterocycles. The van der Waals surface area contributed by atoms with Gasteiger partial charge in [-0.15, -0.1) is 0 Å². The Morgan fingerprint density at radius 1 is 1.02 bits per heavy atom. The highest BCUT2D eigenvalue weighted by Gasteiger charge is 2.33. The summed E-state index contributed by atoms with van der Waals surface area (Å²) >= 11 is 1.14. The SMILES string of the molecule is C=CCOc1ccc([C@@H]2C(C(=O)OCC)=C(C)N=c3s/c(=C\c4c(OC(=O)c5ccc([N+](=O)[O-])cc5)ccc5ccccc45)c(=O)n32)cc1. The maximum Gasteiger partial charge on any atom is 0.343 e. The lowest BCUT2D eigenvalue weighted by Crippen LogP contribution is -2.39. The van der Waals surface area contributed by atoms with E-state index in [1.807, 2.05) is 24.3 Å². The highest BCUT2D eigenvalue weighted by molar-refractivity contribution is 7.07. The first-order valence-corrected chi connectivity index (χ1v) is 16.0. The van der Waals surface area contributed by atoms with E-state index in [0.29, 0.717) is 34.0 Å². The average Bonchev–Trinajstić information content (AvgIpc) is 3.41. The molecular weight excluding hydrogens is 646 g/mol. The maximum atomic E-state index is 14.3. The van der Waals surface area contributed by atoms with Crippen molar-refractivity contribution in [1.82, 2.24) is 4.57 Å². The quantitative estimate of drug-likeness (QED) is 0.0609. The fourth-order valence-electron chi connectivity index (χ4n) is 5.53. The zero-order valence-electron chi connectivity index (χ0n) is 26.5. The van der Waals surface area contributed by atoms with Gasteiger partial charge in [-0.3, -0.25) is 19.5 Å². The number of nitrogens with zero attached hydrogens (tertiary/aromatic N) is 3. The van der Waals surface area contributed by atoms with E-state index in [1.54, 1.807) is 62.4 Å². The molecule has 2 heterocycles. The van der Waals surface area contributed by atoms with Crippen LogP contribution in [-0.2, 0) is 9.53 Å². The van der Waals surface area contributed by atoms with E-state index in [9.17, 15) is 24.5 Å². The van der Waals surface area contributed by atoms with Gasteiger partial charge in [0.2, 0.25) is 0 Å². The predicted octanol–water partition coefficient (Wildman–Crippen LogP) is 5.64. The van der Waals surface area contributed by atoms with E-state index < -0.39 is 28.5 Å². The Morgan fingerprint density at radius 2 is 1.76 bits per heavy atom. The molecule has 0 fully saturated rings. The second kappa shape index (κ2) is 13.9. The van der Waals surface area contributed by atoms with Crippen LogP contribution in [0.4, 0.5) is 5.69 Å². The predicted molar refractivity (Wildman–Crippen MR) is 185 cm³/mol. The van der Waals surface area contributed by atoms with E-state index >= 15 is 0 Å². The second-order valence-corrected chi connectivity index (χ2v) is 11.9. The number of ether oxygens (including phenoxy) is 3. The number of esters is 2. The maximum absolute atomic E-state index is 14.3. The summed E-state index contributed by atoms with van der Waals surface area (Å²) in [6.07, 6.45) is 3.28. The minimum Gasteiger partial charge on any atom is -0.490 e. The highest BCUT2D eigenvalue weighted by atomic mass is 32.1. The number of nitro groups is 1. The van der Waals surface area contributed by atoms with Crippen molar-refractivity contribution in [2.24, 2.45) is 4.99 Å². The second-order valence-electron chi connectivity index (χ2n) is 10.9. The molecule has 0 saturated heterocycles. The molecular formula is C37H29N3O8S. The van der Waals surface area contributed by atoms with Gasteiger partial charge in [0.05, 0.1) is 38.9 Å². The molecule has 12 heteroatoms. The van der Waals surface area contributed by atoms with Gasteiger partial charge in [-0.05, 0) is 66.6 Å². The topological polar surface area (TPSA) is 139 Å². The number of carbonyl (C=O) groups is 2. The summed E-state index contributed by atoms with van der Waals surface area (Å²) in [6, 6.07) is 22.2. The molecule has 0 N–H and O–H groups in total. The lowest BCUT2D eigenvalue weighted by Gasteiger charge is -2.24. The molecule has 0 amide bonds. The van der Waals surface area contributed by atoms with E-state index in [4.69, 9.17) is 14.2 Å². The molecule has 0 bridgehead atoms. The van der Waals surface area contributed by atoms with Crippen molar-refractivity contribution in [3.05, 3.63) is 155 Å². The summed E-state index contributed by atoms with van der Waals surface area (Å²) in [4.78, 5) is 56.4. The summed E-state index contributed by atoms with van der Waals surface area (Å²) in [6.45, 7) is 7.55. The van der Waals surface area contributed by atoms with Crippen LogP contribution in [-0.4, -0.2) is 34.6 Å². The number of aromatic nitrogens is 1. The molecule has 11 nitrogen and oxygen atoms in total. The van der Waals surface area contributed by atoms with Gasteiger partial charge in [-0.2, -0.15) is 0 Å². The van der Waals surface area contributed by atoms with Crippen LogP contribution in [0.3, 0.4) is 0 Å². The molecule has 1 aromatic heterocycles. The number of carbonyl (C=O) groups excluding carboxylic acids is 2. The Bertz CT molecular complexity index is 2340. The number of non-ortho nitro benzene ring substituents is 1. The first-order chi connectivity index (χ1) is 23.7. The monoisotopic (exact) mass is 675 g/mol. The normalized spacial score (nSPS) is 14.2. The number of nitro benzene ring substituents is 1. The fraction of sp³-hybridized carbons (Fsp3) is 0.135. The molecule has 5 aromatic rings. The van der Waals surface area contributed by atoms with Crippen molar-refractivity contribution in [2.75, 3.05) is 13.2 Å². The van der Waals surface area contributed by atoms with Crippen LogP contribution >= 0.6 is 11.3 Å². The molecule has 1 aliphatic rings. The zero-order valence-corrected chi connectivity index (χ0v) is 27.3. The molecule has 0 spiro atoms. The summed E-state index contributed by atoms with van der Waals surface area (Å²) in [5, 5.41) is 12.6. The molecule has 4 aromatic carbocycles. The Labute approximate surface area is 283 Å².